The van der Waals surface area contributed by atoms with E-state index >= 15 is 0 Å². The van der Waals surface area contributed by atoms with Crippen molar-refractivity contribution in [3.05, 3.63) is 33.0 Å². The van der Waals surface area contributed by atoms with Crippen LogP contribution in [0.5, 0.6) is 11.5 Å². The van der Waals surface area contributed by atoms with E-state index in [1.165, 1.54) is 31.4 Å². The monoisotopic (exact) mass is 328 g/mol. The lowest BCUT2D eigenvalue weighted by atomic mass is 10.1. The fourth-order valence-corrected chi connectivity index (χ4v) is 1.86. The zero-order valence-corrected chi connectivity index (χ0v) is 13.5. The summed E-state index contributed by atoms with van der Waals surface area (Å²) >= 11 is 0. The maximum absolute atomic E-state index is 11.6. The third-order valence-corrected chi connectivity index (χ3v) is 3.10. The molecule has 1 aromatic rings. The Hall–Kier alpha value is -2.78. The van der Waals surface area contributed by atoms with Gasteiger partial charge in [0, 0.05) is 0 Å². The van der Waals surface area contributed by atoms with Gasteiger partial charge in [-0.25, -0.2) is 0 Å². The van der Waals surface area contributed by atoms with Gasteiger partial charge in [0.05, 0.1) is 48.8 Å². The minimum Gasteiger partial charge on any atom is -0.569 e. The molecule has 0 atom stereocenters. The number of hydrogen-bond donors (Lipinski definition) is 0. The van der Waals surface area contributed by atoms with Crippen molar-refractivity contribution < 1.29 is 24.2 Å². The second-order valence-corrected chi connectivity index (χ2v) is 4.34. The lowest BCUT2D eigenvalue weighted by Crippen LogP contribution is -2.30. The van der Waals surface area contributed by atoms with Gasteiger partial charge in [0.2, 0.25) is 5.28 Å². The zero-order valence-electron chi connectivity index (χ0n) is 13.5. The number of benzene rings is 1. The van der Waals surface area contributed by atoms with Crippen LogP contribution in [0.2, 0.25) is 0 Å². The van der Waals surface area contributed by atoms with Crippen molar-refractivity contribution in [2.75, 3.05) is 27.3 Å². The minimum atomic E-state index is -0.569. The number of hydrogen-bond acceptors (Lipinski definition) is 7. The molecule has 10 heteroatoms. The summed E-state index contributed by atoms with van der Waals surface area (Å²) in [6.45, 7) is 4.26. The van der Waals surface area contributed by atoms with E-state index in [0.717, 1.165) is 0 Å². The van der Waals surface area contributed by atoms with Crippen LogP contribution in [0, 0.1) is 15.3 Å². The van der Waals surface area contributed by atoms with Crippen molar-refractivity contribution in [3.8, 4) is 11.5 Å². The standard InChI is InChI=1S/C13H20N4O6/c1-5-15(6-2)17(20)14-23-9-10-7-12(21-3)13(22-4)8-11(10)16(18)19/h7-8H,5-6,9H2,1-4H3. The van der Waals surface area contributed by atoms with Gasteiger partial charge in [-0.1, -0.05) is 0 Å². The molecule has 0 N–H and O–H groups in total. The summed E-state index contributed by atoms with van der Waals surface area (Å²) in [6.07, 6.45) is 0. The molecule has 0 amide bonds. The maximum atomic E-state index is 11.6. The molecule has 0 unspecified atom stereocenters. The second kappa shape index (κ2) is 8.61. The highest BCUT2D eigenvalue weighted by Gasteiger charge is 2.20. The van der Waals surface area contributed by atoms with E-state index < -0.39 is 4.92 Å². The fraction of sp³-hybridized carbons (Fsp3) is 0.538. The normalized spacial score (nSPS) is 11.0. The molecular weight excluding hydrogens is 308 g/mol. The molecule has 0 bridgehead atoms. The number of ether oxygens (including phenoxy) is 2. The molecular formula is C13H20N4O6. The predicted molar refractivity (Wildman–Crippen MR) is 80.0 cm³/mol. The van der Waals surface area contributed by atoms with Crippen molar-refractivity contribution >= 4 is 5.69 Å². The van der Waals surface area contributed by atoms with E-state index in [2.05, 4.69) is 5.28 Å². The maximum Gasteiger partial charge on any atom is 0.280 e. The van der Waals surface area contributed by atoms with Crippen molar-refractivity contribution in [3.63, 3.8) is 0 Å². The first-order valence-corrected chi connectivity index (χ1v) is 6.92. The SMILES string of the molecule is CCN(CC)[N+]([O-])=NOCc1cc(OC)c(OC)cc1[N+](=O)[O-]. The summed E-state index contributed by atoms with van der Waals surface area (Å²) in [5.74, 6) is 0.549. The van der Waals surface area contributed by atoms with Crippen LogP contribution >= 0.6 is 0 Å². The molecule has 1 aromatic carbocycles. The number of methoxy groups -OCH3 is 2. The Kier molecular flexibility index (Phi) is 6.84. The van der Waals surface area contributed by atoms with Gasteiger partial charge >= 0.3 is 0 Å². The van der Waals surface area contributed by atoms with E-state index in [0.29, 0.717) is 23.8 Å². The Morgan fingerprint density at radius 1 is 1.13 bits per heavy atom. The summed E-state index contributed by atoms with van der Waals surface area (Å²) in [5, 5.41) is 27.5. The highest BCUT2D eigenvalue weighted by atomic mass is 16.7. The van der Waals surface area contributed by atoms with Gasteiger partial charge in [-0.3, -0.25) is 10.1 Å². The molecule has 0 fully saturated rings. The van der Waals surface area contributed by atoms with Gasteiger partial charge in [-0.05, 0) is 19.9 Å². The van der Waals surface area contributed by atoms with Crippen molar-refractivity contribution in [2.45, 2.75) is 20.5 Å². The Balaban J connectivity index is 2.99. The molecule has 128 valence electrons. The molecule has 0 aliphatic carbocycles. The van der Waals surface area contributed by atoms with E-state index in [1.807, 2.05) is 0 Å². The van der Waals surface area contributed by atoms with Crippen LogP contribution in [-0.2, 0) is 11.4 Å². The number of nitro benzene ring substituents is 1. The second-order valence-electron chi connectivity index (χ2n) is 4.34. The van der Waals surface area contributed by atoms with Crippen molar-refractivity contribution in [2.24, 2.45) is 5.28 Å². The molecule has 0 aromatic heterocycles. The van der Waals surface area contributed by atoms with Crippen LogP contribution in [0.3, 0.4) is 0 Å². The third kappa shape index (κ3) is 4.59. The minimum absolute atomic E-state index is 0.210. The topological polar surface area (TPSA) is 113 Å². The first-order valence-electron chi connectivity index (χ1n) is 6.92. The Morgan fingerprint density at radius 2 is 1.70 bits per heavy atom. The average Bonchev–Trinajstić information content (AvgIpc) is 2.55. The summed E-state index contributed by atoms with van der Waals surface area (Å²) in [6, 6.07) is 2.65. The Morgan fingerprint density at radius 3 is 2.17 bits per heavy atom. The molecule has 0 aliphatic heterocycles. The molecule has 1 rings (SSSR count). The van der Waals surface area contributed by atoms with E-state index in [1.54, 1.807) is 13.8 Å². The molecule has 0 aliphatic rings. The van der Waals surface area contributed by atoms with Crippen LogP contribution in [0.1, 0.15) is 19.4 Å². The summed E-state index contributed by atoms with van der Waals surface area (Å²) in [4.78, 5) is 15.8. The molecule has 0 radical (unpaired) electrons. The number of nitrogens with zero attached hydrogens (tertiary/aromatic N) is 4. The highest BCUT2D eigenvalue weighted by molar-refractivity contribution is 5.54. The number of hydrazine groups is 1. The van der Waals surface area contributed by atoms with Gasteiger partial charge in [0.1, 0.15) is 0 Å². The Bertz CT molecular complexity index is 574. The first kappa shape index (κ1) is 18.3. The third-order valence-electron chi connectivity index (χ3n) is 3.10. The van der Waals surface area contributed by atoms with Crippen molar-refractivity contribution in [1.29, 1.82) is 0 Å². The van der Waals surface area contributed by atoms with Gasteiger partial charge in [-0.15, -0.1) is 5.01 Å². The zero-order chi connectivity index (χ0) is 17.4. The van der Waals surface area contributed by atoms with E-state index in [4.69, 9.17) is 14.3 Å². The van der Waals surface area contributed by atoms with Crippen LogP contribution in [0.15, 0.2) is 17.4 Å². The summed E-state index contributed by atoms with van der Waals surface area (Å²) < 4.78 is 10.1. The van der Waals surface area contributed by atoms with Crippen molar-refractivity contribution in [1.82, 2.24) is 5.01 Å². The van der Waals surface area contributed by atoms with E-state index in [9.17, 15) is 15.3 Å². The smallest absolute Gasteiger partial charge is 0.280 e. The van der Waals surface area contributed by atoms with Gasteiger partial charge in [0.25, 0.3) is 5.69 Å². The molecule has 0 saturated carbocycles. The summed E-state index contributed by atoms with van der Waals surface area (Å²) in [5.41, 5.74) is 0.00230. The summed E-state index contributed by atoms with van der Waals surface area (Å²) in [7, 11) is 2.80. The average molecular weight is 328 g/mol. The highest BCUT2D eigenvalue weighted by Crippen LogP contribution is 2.34. The molecule has 23 heavy (non-hydrogen) atoms. The molecule has 0 spiro atoms. The van der Waals surface area contributed by atoms with Crippen LogP contribution in [0.25, 0.3) is 0 Å². The predicted octanol–water partition coefficient (Wildman–Crippen LogP) is 2.26. The quantitative estimate of drug-likeness (QED) is 0.296. The van der Waals surface area contributed by atoms with E-state index in [-0.39, 0.29) is 23.6 Å². The van der Waals surface area contributed by atoms with Gasteiger partial charge in [-0.2, -0.15) is 0 Å². The Labute approximate surface area is 133 Å². The van der Waals surface area contributed by atoms with Gasteiger partial charge in [0.15, 0.2) is 18.1 Å². The van der Waals surface area contributed by atoms with Gasteiger partial charge < -0.3 is 19.5 Å². The molecule has 0 saturated heterocycles. The lowest BCUT2D eigenvalue weighted by molar-refractivity contribution is -0.710. The first-order chi connectivity index (χ1) is 11.0. The lowest BCUT2D eigenvalue weighted by Gasteiger charge is -2.13. The number of nitro groups is 1. The molecule has 0 heterocycles. The number of rotatable bonds is 9. The van der Waals surface area contributed by atoms with Crippen LogP contribution in [0.4, 0.5) is 5.69 Å². The largest absolute Gasteiger partial charge is 0.569 e. The molecule has 10 nitrogen and oxygen atoms in total. The van der Waals surface area contributed by atoms with Crippen LogP contribution in [-0.4, -0.2) is 42.2 Å². The van der Waals surface area contributed by atoms with Crippen LogP contribution < -0.4 is 9.47 Å². The fourth-order valence-electron chi connectivity index (χ4n) is 1.86.